The Morgan fingerprint density at radius 2 is 1.44 bits per heavy atom. The molecule has 0 spiro atoms. The molecule has 0 unspecified atom stereocenters. The average Bonchev–Trinajstić information content (AvgIpc) is 3.38. The van der Waals surface area contributed by atoms with Crippen molar-refractivity contribution in [1.29, 1.82) is 0 Å². The van der Waals surface area contributed by atoms with Crippen LogP contribution in [0, 0.1) is 0 Å². The van der Waals surface area contributed by atoms with E-state index in [0.717, 1.165) is 29.5 Å². The summed E-state index contributed by atoms with van der Waals surface area (Å²) >= 11 is 0. The summed E-state index contributed by atoms with van der Waals surface area (Å²) in [4.78, 5) is 12.8. The van der Waals surface area contributed by atoms with Crippen LogP contribution in [0.3, 0.4) is 0 Å². The first-order valence-corrected chi connectivity index (χ1v) is 11.3. The van der Waals surface area contributed by atoms with E-state index in [1.165, 1.54) is 27.8 Å². The van der Waals surface area contributed by atoms with E-state index in [9.17, 15) is 4.79 Å². The number of fused-ring (bicyclic) bond motifs is 8. The van der Waals surface area contributed by atoms with Crippen LogP contribution in [0.2, 0.25) is 0 Å². The Morgan fingerprint density at radius 1 is 0.875 bits per heavy atom. The summed E-state index contributed by atoms with van der Waals surface area (Å²) < 4.78 is 6.36. The monoisotopic (exact) mass is 424 g/mol. The molecule has 3 N–H and O–H groups in total. The quantitative estimate of drug-likeness (QED) is 0.572. The first kappa shape index (κ1) is 20.5. The lowest BCUT2D eigenvalue weighted by Crippen LogP contribution is -2.23. The number of aryl methyl sites for hydroxylation is 2. The molecular formula is C28H28N2O2. The SMILES string of the molecule is C=C(N)c1ccc(CNC(=O)c2ccc3c(c2)[C@@H]2O[C@H]3c3cc(CC)c(CC)cc32)cc1. The standard InChI is InChI=1S/C28H28N2O2/c1-4-18-12-24-25(13-19(18)5-2)27-23-14-21(10-11-22(23)26(24)32-27)28(31)30-15-17-6-8-20(9-7-17)16(3)29/h6-14,26-27H,3-5,15,29H2,1-2H3,(H,30,31)/t26-,27+/m1/s1. The highest BCUT2D eigenvalue weighted by Gasteiger charge is 2.43. The van der Waals surface area contributed by atoms with Gasteiger partial charge in [-0.05, 0) is 69.5 Å². The molecule has 0 saturated heterocycles. The fourth-order valence-electron chi connectivity index (χ4n) is 4.91. The largest absolute Gasteiger partial charge is 0.399 e. The smallest absolute Gasteiger partial charge is 0.251 e. The fraction of sp³-hybridized carbons (Fsp3) is 0.250. The van der Waals surface area contributed by atoms with E-state index in [1.54, 1.807) is 0 Å². The first-order chi connectivity index (χ1) is 15.5. The number of hydrogen-bond donors (Lipinski definition) is 2. The van der Waals surface area contributed by atoms with Crippen molar-refractivity contribution in [3.63, 3.8) is 0 Å². The van der Waals surface area contributed by atoms with Crippen molar-refractivity contribution in [2.45, 2.75) is 45.4 Å². The number of benzene rings is 3. The van der Waals surface area contributed by atoms with Gasteiger partial charge >= 0.3 is 0 Å². The van der Waals surface area contributed by atoms with Gasteiger partial charge in [-0.25, -0.2) is 0 Å². The number of amides is 1. The van der Waals surface area contributed by atoms with E-state index >= 15 is 0 Å². The molecule has 3 aromatic carbocycles. The molecule has 4 nitrogen and oxygen atoms in total. The number of nitrogens with one attached hydrogen (secondary N) is 1. The van der Waals surface area contributed by atoms with E-state index in [4.69, 9.17) is 10.5 Å². The van der Waals surface area contributed by atoms with Crippen molar-refractivity contribution >= 4 is 11.6 Å². The number of nitrogens with two attached hydrogens (primary N) is 1. The highest BCUT2D eigenvalue weighted by Crippen LogP contribution is 2.54. The normalized spacial score (nSPS) is 17.7. The molecule has 0 aliphatic carbocycles. The van der Waals surface area contributed by atoms with Crippen LogP contribution < -0.4 is 11.1 Å². The second kappa shape index (κ2) is 7.95. The predicted molar refractivity (Wildman–Crippen MR) is 127 cm³/mol. The molecule has 162 valence electrons. The van der Waals surface area contributed by atoms with E-state index < -0.39 is 0 Å². The molecule has 2 aliphatic rings. The lowest BCUT2D eigenvalue weighted by atomic mass is 9.82. The highest BCUT2D eigenvalue weighted by molar-refractivity contribution is 5.94. The summed E-state index contributed by atoms with van der Waals surface area (Å²) in [5.41, 5.74) is 16.5. The second-order valence-corrected chi connectivity index (χ2v) is 8.60. The van der Waals surface area contributed by atoms with Gasteiger partial charge in [-0.2, -0.15) is 0 Å². The number of carbonyl (C=O) groups is 1. The number of rotatable bonds is 6. The van der Waals surface area contributed by atoms with Crippen LogP contribution in [0.15, 0.2) is 61.2 Å². The van der Waals surface area contributed by atoms with Gasteiger partial charge in [0, 0.05) is 17.8 Å². The minimum absolute atomic E-state index is 0.0193. The topological polar surface area (TPSA) is 64.3 Å². The second-order valence-electron chi connectivity index (χ2n) is 8.60. The van der Waals surface area contributed by atoms with E-state index in [1.807, 2.05) is 36.4 Å². The summed E-state index contributed by atoms with van der Waals surface area (Å²) in [6.07, 6.45) is 1.95. The van der Waals surface area contributed by atoms with Crippen LogP contribution in [-0.2, 0) is 24.1 Å². The van der Waals surface area contributed by atoms with E-state index in [2.05, 4.69) is 43.9 Å². The molecule has 2 aliphatic heterocycles. The highest BCUT2D eigenvalue weighted by atomic mass is 16.5. The van der Waals surface area contributed by atoms with Gasteiger partial charge in [0.05, 0.1) is 0 Å². The van der Waals surface area contributed by atoms with Gasteiger partial charge in [-0.3, -0.25) is 4.79 Å². The van der Waals surface area contributed by atoms with Crippen LogP contribution in [0.4, 0.5) is 0 Å². The molecule has 32 heavy (non-hydrogen) atoms. The fourth-order valence-corrected chi connectivity index (χ4v) is 4.91. The molecule has 2 atom stereocenters. The number of hydrogen-bond acceptors (Lipinski definition) is 3. The lowest BCUT2D eigenvalue weighted by Gasteiger charge is -2.19. The summed E-state index contributed by atoms with van der Waals surface area (Å²) in [5, 5.41) is 3.02. The third kappa shape index (κ3) is 3.32. The Labute approximate surface area is 189 Å². The summed E-state index contributed by atoms with van der Waals surface area (Å²) in [5.74, 6) is -0.0845. The molecule has 2 heterocycles. The van der Waals surface area contributed by atoms with Crippen LogP contribution in [-0.4, -0.2) is 5.91 Å². The van der Waals surface area contributed by atoms with Crippen LogP contribution in [0.25, 0.3) is 5.70 Å². The minimum Gasteiger partial charge on any atom is -0.399 e. The molecular weight excluding hydrogens is 396 g/mol. The van der Waals surface area contributed by atoms with Gasteiger partial charge in [0.2, 0.25) is 0 Å². The van der Waals surface area contributed by atoms with Gasteiger partial charge in [0.15, 0.2) is 0 Å². The zero-order chi connectivity index (χ0) is 22.4. The van der Waals surface area contributed by atoms with Crippen molar-refractivity contribution < 1.29 is 9.53 Å². The third-order valence-corrected chi connectivity index (χ3v) is 6.70. The van der Waals surface area contributed by atoms with Crippen molar-refractivity contribution in [3.8, 4) is 0 Å². The Bertz CT molecular complexity index is 1230. The van der Waals surface area contributed by atoms with E-state index in [0.29, 0.717) is 17.8 Å². The summed E-state index contributed by atoms with van der Waals surface area (Å²) in [6.45, 7) is 8.61. The molecule has 0 aromatic heterocycles. The van der Waals surface area contributed by atoms with E-state index in [-0.39, 0.29) is 18.1 Å². The molecule has 0 saturated carbocycles. The van der Waals surface area contributed by atoms with Crippen molar-refractivity contribution in [3.05, 3.63) is 111 Å². The maximum atomic E-state index is 12.8. The number of ether oxygens (including phenoxy) is 1. The zero-order valence-electron chi connectivity index (χ0n) is 18.6. The Kier molecular flexibility index (Phi) is 5.10. The first-order valence-electron chi connectivity index (χ1n) is 11.3. The van der Waals surface area contributed by atoms with Crippen molar-refractivity contribution in [2.75, 3.05) is 0 Å². The van der Waals surface area contributed by atoms with Gasteiger partial charge in [0.25, 0.3) is 5.91 Å². The molecule has 0 fully saturated rings. The summed E-state index contributed by atoms with van der Waals surface area (Å²) in [6, 6.07) is 18.3. The Hall–Kier alpha value is -3.37. The number of carbonyl (C=O) groups excluding carboxylic acids is 1. The van der Waals surface area contributed by atoms with Crippen LogP contribution in [0.5, 0.6) is 0 Å². The van der Waals surface area contributed by atoms with Crippen molar-refractivity contribution in [2.24, 2.45) is 5.73 Å². The van der Waals surface area contributed by atoms with Gasteiger partial charge in [0.1, 0.15) is 12.2 Å². The molecule has 3 aromatic rings. The Balaban J connectivity index is 1.35. The maximum absolute atomic E-state index is 12.8. The van der Waals surface area contributed by atoms with Crippen LogP contribution >= 0.6 is 0 Å². The molecule has 1 amide bonds. The Morgan fingerprint density at radius 3 is 2.03 bits per heavy atom. The zero-order valence-corrected chi connectivity index (χ0v) is 18.6. The summed E-state index contributed by atoms with van der Waals surface area (Å²) in [7, 11) is 0. The molecule has 4 heteroatoms. The van der Waals surface area contributed by atoms with Gasteiger partial charge in [-0.15, -0.1) is 0 Å². The predicted octanol–water partition coefficient (Wildman–Crippen LogP) is 5.19. The molecule has 2 bridgehead atoms. The maximum Gasteiger partial charge on any atom is 0.251 e. The van der Waals surface area contributed by atoms with Crippen molar-refractivity contribution in [1.82, 2.24) is 5.32 Å². The van der Waals surface area contributed by atoms with Gasteiger partial charge in [-0.1, -0.05) is 62.9 Å². The average molecular weight is 425 g/mol. The molecule has 5 rings (SSSR count). The van der Waals surface area contributed by atoms with Crippen LogP contribution in [0.1, 0.15) is 80.9 Å². The van der Waals surface area contributed by atoms with Gasteiger partial charge < -0.3 is 15.8 Å². The third-order valence-electron chi connectivity index (χ3n) is 6.70. The molecule has 0 radical (unpaired) electrons. The minimum atomic E-state index is -0.0845. The lowest BCUT2D eigenvalue weighted by molar-refractivity contribution is 0.0857.